The number of hydrogen-bond donors (Lipinski definition) is 0. The Morgan fingerprint density at radius 1 is 1.13 bits per heavy atom. The van der Waals surface area contributed by atoms with Crippen molar-refractivity contribution in [2.75, 3.05) is 0 Å². The van der Waals surface area contributed by atoms with Crippen molar-refractivity contribution in [3.8, 4) is 0 Å². The van der Waals surface area contributed by atoms with Gasteiger partial charge in [-0.05, 0) is 10.7 Å². The zero-order chi connectivity index (χ0) is 11.5. The van der Waals surface area contributed by atoms with Crippen molar-refractivity contribution in [3.63, 3.8) is 0 Å². The maximum Gasteiger partial charge on any atom is -0.0469 e. The van der Waals surface area contributed by atoms with Crippen LogP contribution in [0.4, 0.5) is 0 Å². The van der Waals surface area contributed by atoms with Gasteiger partial charge in [0.1, 0.15) is 0 Å². The SMILES string of the molecule is CCCC[CH2][Al+].O=[S-](=O)c1ccccc1. The number of benzene rings is 1. The summed E-state index contributed by atoms with van der Waals surface area (Å²) in [6, 6.07) is 8.23. The Kier molecular flexibility index (Phi) is 10.0. The molecule has 1 aromatic rings. The number of hydrogen-bond acceptors (Lipinski definition) is 3. The first-order chi connectivity index (χ1) is 7.22. The van der Waals surface area contributed by atoms with E-state index in [0.29, 0.717) is 4.90 Å². The van der Waals surface area contributed by atoms with Crippen LogP contribution in [-0.4, -0.2) is 16.3 Å². The number of rotatable bonds is 4. The van der Waals surface area contributed by atoms with Crippen LogP contribution in [0, 0.1) is 0 Å². The van der Waals surface area contributed by atoms with Crippen LogP contribution in [0.1, 0.15) is 26.2 Å². The molecule has 81 valence electrons. The molecule has 1 rings (SSSR count). The van der Waals surface area contributed by atoms with Crippen LogP contribution in [-0.2, 0) is 19.1 Å². The Balaban J connectivity index is 0.000000288. The standard InChI is InChI=1S/C6H5O2S.C5H11.Al/c7-9(8)6-4-2-1-3-5-6;1-3-5-4-2;/h1-5H;1,3-5H2,2H3;/q-1;;+1. The van der Waals surface area contributed by atoms with Gasteiger partial charge in [0.05, 0.1) is 0 Å². The molecule has 4 heteroatoms. The van der Waals surface area contributed by atoms with Crippen LogP contribution >= 0.6 is 0 Å². The fourth-order valence-electron chi connectivity index (χ4n) is 0.926. The molecule has 0 unspecified atom stereocenters. The topological polar surface area (TPSA) is 34.1 Å². The van der Waals surface area contributed by atoms with Gasteiger partial charge in [-0.3, -0.25) is 0 Å². The fraction of sp³-hybridized carbons (Fsp3) is 0.455. The monoisotopic (exact) mass is 239 g/mol. The Hall–Kier alpha value is -0.298. The van der Waals surface area contributed by atoms with Crippen LogP contribution in [0.5, 0.6) is 0 Å². The molecule has 0 saturated heterocycles. The third-order valence-corrected chi connectivity index (χ3v) is 2.81. The summed E-state index contributed by atoms with van der Waals surface area (Å²) < 4.78 is 20.4. The zero-order valence-corrected chi connectivity index (χ0v) is 11.0. The molecule has 0 fully saturated rings. The largest absolute Gasteiger partial charge is 0.420 e. The van der Waals surface area contributed by atoms with Gasteiger partial charge in [0.2, 0.25) is 0 Å². The molecule has 0 saturated carbocycles. The van der Waals surface area contributed by atoms with Gasteiger partial charge in [0.15, 0.2) is 0 Å². The van der Waals surface area contributed by atoms with E-state index in [1.54, 1.807) is 30.3 Å². The summed E-state index contributed by atoms with van der Waals surface area (Å²) in [4.78, 5) is 0.331. The minimum absolute atomic E-state index is 0.331. The second kappa shape index (κ2) is 10.2. The van der Waals surface area contributed by atoms with Gasteiger partial charge in [-0.15, -0.1) is 0 Å². The minimum atomic E-state index is -2.08. The molecule has 0 aliphatic heterocycles. The third kappa shape index (κ3) is 8.68. The van der Waals surface area contributed by atoms with Crippen molar-refractivity contribution in [2.24, 2.45) is 0 Å². The van der Waals surface area contributed by atoms with Gasteiger partial charge in [-0.2, -0.15) is 0 Å². The Bertz CT molecular complexity index is 298. The minimum Gasteiger partial charge on any atom is -0.420 e. The molecule has 0 aliphatic carbocycles. The first-order valence-corrected chi connectivity index (χ1v) is 6.95. The maximum absolute atomic E-state index is 10.2. The van der Waals surface area contributed by atoms with Crippen molar-refractivity contribution in [3.05, 3.63) is 30.3 Å². The summed E-state index contributed by atoms with van der Waals surface area (Å²) in [5.74, 6) is 0. The van der Waals surface area contributed by atoms with Crippen molar-refractivity contribution >= 4 is 27.0 Å². The fourth-order valence-corrected chi connectivity index (χ4v) is 1.59. The second-order valence-electron chi connectivity index (χ2n) is 3.04. The molecule has 0 spiro atoms. The Morgan fingerprint density at radius 2 is 1.73 bits per heavy atom. The van der Waals surface area contributed by atoms with E-state index in [9.17, 15) is 8.42 Å². The van der Waals surface area contributed by atoms with Crippen molar-refractivity contribution in [2.45, 2.75) is 36.4 Å². The van der Waals surface area contributed by atoms with E-state index in [4.69, 9.17) is 0 Å². The molecule has 0 heterocycles. The van der Waals surface area contributed by atoms with Crippen molar-refractivity contribution < 1.29 is 8.42 Å². The average molecular weight is 239 g/mol. The van der Waals surface area contributed by atoms with E-state index in [0.717, 1.165) is 0 Å². The van der Waals surface area contributed by atoms with Gasteiger partial charge in [0, 0.05) is 0 Å². The molecule has 0 amide bonds. The van der Waals surface area contributed by atoms with Gasteiger partial charge in [-0.1, -0.05) is 35.2 Å². The first kappa shape index (κ1) is 14.7. The van der Waals surface area contributed by atoms with Crippen LogP contribution in [0.2, 0.25) is 5.28 Å². The normalized spacial score (nSPS) is 9.40. The summed E-state index contributed by atoms with van der Waals surface area (Å²) in [7, 11) is -2.08. The van der Waals surface area contributed by atoms with Gasteiger partial charge in [0.25, 0.3) is 0 Å². The quantitative estimate of drug-likeness (QED) is 0.459. The van der Waals surface area contributed by atoms with Gasteiger partial charge >= 0.3 is 47.8 Å². The summed E-state index contributed by atoms with van der Waals surface area (Å²) in [6.07, 6.45) is 4.11. The van der Waals surface area contributed by atoms with Crippen LogP contribution in [0.3, 0.4) is 0 Å². The summed E-state index contributed by atoms with van der Waals surface area (Å²) in [6.45, 7) is 2.22. The molecule has 0 bridgehead atoms. The molecular formula is C11H16AlO2S. The molecule has 1 radical (unpaired) electrons. The van der Waals surface area contributed by atoms with Gasteiger partial charge in [-0.25, -0.2) is 0 Å². The van der Waals surface area contributed by atoms with E-state index in [-0.39, 0.29) is 0 Å². The zero-order valence-electron chi connectivity index (χ0n) is 9.02. The molecule has 0 aliphatic rings. The molecule has 0 aromatic heterocycles. The van der Waals surface area contributed by atoms with E-state index in [2.05, 4.69) is 23.2 Å². The third-order valence-electron chi connectivity index (χ3n) is 1.74. The molecular weight excluding hydrogens is 223 g/mol. The van der Waals surface area contributed by atoms with Crippen LogP contribution in [0.25, 0.3) is 0 Å². The summed E-state index contributed by atoms with van der Waals surface area (Å²) in [5, 5.41) is 1.27. The van der Waals surface area contributed by atoms with Crippen molar-refractivity contribution in [1.82, 2.24) is 0 Å². The van der Waals surface area contributed by atoms with Gasteiger partial charge < -0.3 is 8.42 Å². The molecule has 1 aromatic carbocycles. The molecule has 15 heavy (non-hydrogen) atoms. The average Bonchev–Trinajstić information content (AvgIpc) is 2.28. The van der Waals surface area contributed by atoms with E-state index in [1.165, 1.54) is 24.5 Å². The maximum atomic E-state index is 10.2. The smallest absolute Gasteiger partial charge is 0.0469 e. The Morgan fingerprint density at radius 3 is 2.00 bits per heavy atom. The number of unbranched alkanes of at least 4 members (excludes halogenated alkanes) is 2. The Labute approximate surface area is 102 Å². The first-order valence-electron chi connectivity index (χ1n) is 5.06. The predicted molar refractivity (Wildman–Crippen MR) is 63.5 cm³/mol. The van der Waals surface area contributed by atoms with Crippen molar-refractivity contribution in [1.29, 1.82) is 0 Å². The second-order valence-corrected chi connectivity index (χ2v) is 4.56. The molecule has 0 N–H and O–H groups in total. The van der Waals surface area contributed by atoms with Crippen LogP contribution in [0.15, 0.2) is 35.2 Å². The predicted octanol–water partition coefficient (Wildman–Crippen LogP) is 3.12. The molecule has 0 atom stereocenters. The molecule has 2 nitrogen and oxygen atoms in total. The summed E-state index contributed by atoms with van der Waals surface area (Å²) >= 11 is 2.73. The van der Waals surface area contributed by atoms with E-state index >= 15 is 0 Å². The van der Waals surface area contributed by atoms with Crippen LogP contribution < -0.4 is 0 Å². The van der Waals surface area contributed by atoms with E-state index in [1.807, 2.05) is 0 Å². The summed E-state index contributed by atoms with van der Waals surface area (Å²) in [5.41, 5.74) is 0. The van der Waals surface area contributed by atoms with E-state index < -0.39 is 10.7 Å².